The highest BCUT2D eigenvalue weighted by molar-refractivity contribution is 5.91. The lowest BCUT2D eigenvalue weighted by atomic mass is 9.92. The second-order valence-corrected chi connectivity index (χ2v) is 6.95. The van der Waals surface area contributed by atoms with E-state index in [0.717, 1.165) is 28.0 Å². The molecule has 0 aliphatic carbocycles. The van der Waals surface area contributed by atoms with Crippen LogP contribution in [0.3, 0.4) is 0 Å². The van der Waals surface area contributed by atoms with Crippen LogP contribution in [0.1, 0.15) is 42.4 Å². The van der Waals surface area contributed by atoms with Gasteiger partial charge < -0.3 is 9.84 Å². The van der Waals surface area contributed by atoms with Crippen LogP contribution in [-0.2, 0) is 4.74 Å². The standard InChI is InChI=1S/C25H23N3O3/c1-5-16(2)19(11-10-17(3)31-4)20-8-6-7-9-21(20)24-22(15-26)28-13-12-18(25(29)30)14-23(28)27-24/h5-14H,1-4H3,(H,29,30)/b16-5-,17-10+,19-11+. The predicted molar refractivity (Wildman–Crippen MR) is 120 cm³/mol. The Hall–Kier alpha value is -4.11. The minimum atomic E-state index is -1.04. The minimum Gasteiger partial charge on any atom is -0.501 e. The highest BCUT2D eigenvalue weighted by atomic mass is 16.5. The van der Waals surface area contributed by atoms with E-state index in [9.17, 15) is 15.2 Å². The minimum absolute atomic E-state index is 0.118. The van der Waals surface area contributed by atoms with Gasteiger partial charge in [-0.2, -0.15) is 5.26 Å². The highest BCUT2D eigenvalue weighted by Gasteiger charge is 2.19. The van der Waals surface area contributed by atoms with Crippen LogP contribution < -0.4 is 0 Å². The van der Waals surface area contributed by atoms with Crippen LogP contribution in [0.4, 0.5) is 0 Å². The van der Waals surface area contributed by atoms with Crippen LogP contribution in [0.15, 0.2) is 72.2 Å². The van der Waals surface area contributed by atoms with Crippen molar-refractivity contribution in [2.45, 2.75) is 20.8 Å². The SMILES string of the molecule is C\C=C(C)/C(=C\C=C(/C)OC)c1ccccc1-c1nc2cc(C(=O)O)ccn2c1C#N. The number of aromatic carboxylic acids is 1. The van der Waals surface area contributed by atoms with Gasteiger partial charge in [-0.15, -0.1) is 0 Å². The summed E-state index contributed by atoms with van der Waals surface area (Å²) in [7, 11) is 1.62. The summed E-state index contributed by atoms with van der Waals surface area (Å²) in [6, 6.07) is 12.9. The number of hydrogen-bond donors (Lipinski definition) is 1. The van der Waals surface area contributed by atoms with Crippen molar-refractivity contribution in [2.75, 3.05) is 7.11 Å². The number of fused-ring (bicyclic) bond motifs is 1. The van der Waals surface area contributed by atoms with Gasteiger partial charge in [0.1, 0.15) is 17.4 Å². The molecule has 2 aromatic heterocycles. The highest BCUT2D eigenvalue weighted by Crippen LogP contribution is 2.34. The van der Waals surface area contributed by atoms with Crippen molar-refractivity contribution in [2.24, 2.45) is 0 Å². The lowest BCUT2D eigenvalue weighted by Crippen LogP contribution is -1.98. The summed E-state index contributed by atoms with van der Waals surface area (Å²) >= 11 is 0. The maximum Gasteiger partial charge on any atom is 0.335 e. The van der Waals surface area contributed by atoms with E-state index >= 15 is 0 Å². The average molecular weight is 413 g/mol. The molecule has 0 unspecified atom stereocenters. The first-order valence-corrected chi connectivity index (χ1v) is 9.72. The lowest BCUT2D eigenvalue weighted by Gasteiger charge is -2.13. The van der Waals surface area contributed by atoms with Gasteiger partial charge in [0.05, 0.1) is 18.4 Å². The predicted octanol–water partition coefficient (Wildman–Crippen LogP) is 5.47. The summed E-state index contributed by atoms with van der Waals surface area (Å²) in [6.45, 7) is 5.87. The zero-order chi connectivity index (χ0) is 22.5. The monoisotopic (exact) mass is 413 g/mol. The number of nitriles is 1. The number of ether oxygens (including phenoxy) is 1. The number of carboxylic acids is 1. The average Bonchev–Trinajstić information content (AvgIpc) is 3.16. The maximum atomic E-state index is 11.3. The van der Waals surface area contributed by atoms with Crippen LogP contribution in [0.2, 0.25) is 0 Å². The molecule has 0 atom stereocenters. The summed E-state index contributed by atoms with van der Waals surface area (Å²) in [4.78, 5) is 16.0. The number of nitrogens with zero attached hydrogens (tertiary/aromatic N) is 3. The van der Waals surface area contributed by atoms with Gasteiger partial charge in [0.2, 0.25) is 0 Å². The molecule has 0 aliphatic heterocycles. The summed E-state index contributed by atoms with van der Waals surface area (Å²) in [6.07, 6.45) is 7.46. The number of benzene rings is 1. The fourth-order valence-corrected chi connectivity index (χ4v) is 3.25. The second kappa shape index (κ2) is 9.14. The molecule has 3 aromatic rings. The largest absolute Gasteiger partial charge is 0.501 e. The summed E-state index contributed by atoms with van der Waals surface area (Å²) in [5.74, 6) is -0.272. The van der Waals surface area contributed by atoms with E-state index in [1.807, 2.05) is 63.3 Å². The Morgan fingerprint density at radius 1 is 1.23 bits per heavy atom. The molecule has 2 heterocycles. The summed E-state index contributed by atoms with van der Waals surface area (Å²) in [5, 5.41) is 19.2. The molecule has 31 heavy (non-hydrogen) atoms. The Labute approximate surface area is 181 Å². The molecule has 0 fully saturated rings. The molecule has 3 rings (SSSR count). The van der Waals surface area contributed by atoms with Gasteiger partial charge in [0.15, 0.2) is 5.69 Å². The molecule has 1 N–H and O–H groups in total. The Balaban J connectivity index is 2.30. The molecular formula is C25H23N3O3. The summed E-state index contributed by atoms with van der Waals surface area (Å²) < 4.78 is 6.87. The number of carboxylic acid groups (broad SMARTS) is 1. The molecule has 0 saturated carbocycles. The normalized spacial score (nSPS) is 12.7. The third kappa shape index (κ3) is 4.26. The number of aromatic nitrogens is 2. The molecule has 0 radical (unpaired) electrons. The molecule has 6 nitrogen and oxygen atoms in total. The van der Waals surface area contributed by atoms with E-state index in [1.54, 1.807) is 17.7 Å². The van der Waals surface area contributed by atoms with E-state index in [2.05, 4.69) is 11.1 Å². The smallest absolute Gasteiger partial charge is 0.335 e. The van der Waals surface area contributed by atoms with Crippen molar-refractivity contribution in [1.29, 1.82) is 5.26 Å². The van der Waals surface area contributed by atoms with E-state index < -0.39 is 5.97 Å². The van der Waals surface area contributed by atoms with Gasteiger partial charge in [-0.1, -0.05) is 36.4 Å². The molecule has 0 aliphatic rings. The molecule has 1 aromatic carbocycles. The lowest BCUT2D eigenvalue weighted by molar-refractivity contribution is 0.0697. The van der Waals surface area contributed by atoms with Crippen molar-refractivity contribution in [3.8, 4) is 17.3 Å². The maximum absolute atomic E-state index is 11.3. The quantitative estimate of drug-likeness (QED) is 0.428. The molecule has 0 saturated heterocycles. The Morgan fingerprint density at radius 3 is 2.61 bits per heavy atom. The van der Waals surface area contributed by atoms with Gasteiger partial charge in [0.25, 0.3) is 0 Å². The number of rotatable bonds is 6. The van der Waals surface area contributed by atoms with Gasteiger partial charge in [-0.25, -0.2) is 9.78 Å². The number of methoxy groups -OCH3 is 1. The number of carbonyl (C=O) groups is 1. The van der Waals surface area contributed by atoms with Crippen molar-refractivity contribution in [3.05, 3.63) is 89.0 Å². The molecule has 0 amide bonds. The van der Waals surface area contributed by atoms with E-state index in [0.29, 0.717) is 17.0 Å². The third-order valence-corrected chi connectivity index (χ3v) is 5.12. The zero-order valence-electron chi connectivity index (χ0n) is 17.9. The van der Waals surface area contributed by atoms with Gasteiger partial charge >= 0.3 is 5.97 Å². The van der Waals surface area contributed by atoms with Gasteiger partial charge in [0, 0.05) is 11.8 Å². The third-order valence-electron chi connectivity index (χ3n) is 5.12. The van der Waals surface area contributed by atoms with E-state index in [1.165, 1.54) is 12.1 Å². The van der Waals surface area contributed by atoms with Crippen molar-refractivity contribution >= 4 is 17.2 Å². The first kappa shape index (κ1) is 21.6. The van der Waals surface area contributed by atoms with Crippen LogP contribution in [0.25, 0.3) is 22.5 Å². The van der Waals surface area contributed by atoms with Crippen LogP contribution in [-0.4, -0.2) is 27.6 Å². The fourth-order valence-electron chi connectivity index (χ4n) is 3.25. The topological polar surface area (TPSA) is 87.6 Å². The van der Waals surface area contributed by atoms with E-state index in [-0.39, 0.29) is 5.56 Å². The Kier molecular flexibility index (Phi) is 6.37. The molecule has 156 valence electrons. The number of imidazole rings is 1. The Morgan fingerprint density at radius 2 is 1.97 bits per heavy atom. The molecule has 6 heteroatoms. The molecule has 0 bridgehead atoms. The van der Waals surface area contributed by atoms with E-state index in [4.69, 9.17) is 4.74 Å². The van der Waals surface area contributed by atoms with Crippen molar-refractivity contribution < 1.29 is 14.6 Å². The van der Waals surface area contributed by atoms with Crippen molar-refractivity contribution in [1.82, 2.24) is 9.38 Å². The molecule has 0 spiro atoms. The fraction of sp³-hybridized carbons (Fsp3) is 0.160. The number of allylic oxidation sites excluding steroid dienone is 6. The van der Waals surface area contributed by atoms with Crippen LogP contribution in [0, 0.1) is 11.3 Å². The number of hydrogen-bond acceptors (Lipinski definition) is 4. The summed E-state index contributed by atoms with van der Waals surface area (Å²) in [5.41, 5.74) is 5.11. The Bertz CT molecular complexity index is 1290. The second-order valence-electron chi connectivity index (χ2n) is 6.95. The first-order chi connectivity index (χ1) is 14.9. The van der Waals surface area contributed by atoms with Gasteiger partial charge in [-0.3, -0.25) is 4.40 Å². The van der Waals surface area contributed by atoms with Crippen LogP contribution >= 0.6 is 0 Å². The number of pyridine rings is 1. The van der Waals surface area contributed by atoms with Gasteiger partial charge in [-0.05, 0) is 55.7 Å². The van der Waals surface area contributed by atoms with Crippen molar-refractivity contribution in [3.63, 3.8) is 0 Å². The first-order valence-electron chi connectivity index (χ1n) is 9.72. The molecular weight excluding hydrogens is 390 g/mol. The van der Waals surface area contributed by atoms with Crippen LogP contribution in [0.5, 0.6) is 0 Å². The zero-order valence-corrected chi connectivity index (χ0v) is 17.9.